The van der Waals surface area contributed by atoms with Crippen LogP contribution < -0.4 is 5.01 Å². The van der Waals surface area contributed by atoms with E-state index >= 15 is 0 Å². The molecule has 2 aromatic carbocycles. The summed E-state index contributed by atoms with van der Waals surface area (Å²) in [7, 11) is 1.03. The van der Waals surface area contributed by atoms with Gasteiger partial charge in [-0.25, -0.2) is 0 Å². The second-order valence-electron chi connectivity index (χ2n) is 6.65. The van der Waals surface area contributed by atoms with Gasteiger partial charge in [-0.05, 0) is 36.4 Å². The molecule has 0 unspecified atom stereocenters. The highest BCUT2D eigenvalue weighted by Crippen LogP contribution is 2.35. The van der Waals surface area contributed by atoms with Crippen LogP contribution in [0.15, 0.2) is 46.7 Å². The minimum absolute atomic E-state index is 0.248. The number of halogens is 6. The highest BCUT2D eigenvalue weighted by atomic mass is 19.4. The van der Waals surface area contributed by atoms with Crippen molar-refractivity contribution < 1.29 is 40.7 Å². The fourth-order valence-corrected chi connectivity index (χ4v) is 2.61. The molecule has 1 amide bonds. The van der Waals surface area contributed by atoms with Crippen LogP contribution in [0, 0.1) is 22.7 Å². The molecule has 0 fully saturated rings. The highest BCUT2D eigenvalue weighted by molar-refractivity contribution is 5.95. The van der Waals surface area contributed by atoms with E-state index in [0.717, 1.165) is 19.2 Å². The van der Waals surface area contributed by atoms with Gasteiger partial charge in [0, 0.05) is 6.42 Å². The van der Waals surface area contributed by atoms with Crippen molar-refractivity contribution in [2.45, 2.75) is 25.2 Å². The summed E-state index contributed by atoms with van der Waals surface area (Å²) < 4.78 is 83.2. The predicted molar refractivity (Wildman–Crippen MR) is 106 cm³/mol. The molecule has 0 radical (unpaired) electrons. The molecule has 0 aliphatic rings. The maximum Gasteiger partial charge on any atom is 0.416 e. The van der Waals surface area contributed by atoms with E-state index in [1.807, 2.05) is 0 Å². The number of hydrogen-bond acceptors (Lipinski definition) is 7. The molecule has 182 valence electrons. The Bertz CT molecular complexity index is 1240. The van der Waals surface area contributed by atoms with Gasteiger partial charge >= 0.3 is 18.3 Å². The fourth-order valence-electron chi connectivity index (χ4n) is 2.61. The van der Waals surface area contributed by atoms with Crippen molar-refractivity contribution in [3.8, 4) is 12.1 Å². The van der Waals surface area contributed by atoms with Gasteiger partial charge in [-0.15, -0.1) is 5.11 Å². The zero-order valence-electron chi connectivity index (χ0n) is 17.6. The first kappa shape index (κ1) is 26.8. The van der Waals surface area contributed by atoms with Gasteiger partial charge in [-0.2, -0.15) is 41.9 Å². The predicted octanol–water partition coefficient (Wildman–Crippen LogP) is 5.45. The maximum atomic E-state index is 13.2. The lowest BCUT2D eigenvalue weighted by molar-refractivity contribution is -0.142. The number of carbonyl (C=O) groups excluding carboxylic acids is 2. The number of benzene rings is 2. The van der Waals surface area contributed by atoms with Crippen molar-refractivity contribution in [1.29, 1.82) is 10.5 Å². The number of carbonyl (C=O) groups is 2. The molecule has 0 spiro atoms. The summed E-state index contributed by atoms with van der Waals surface area (Å²) in [6, 6.07) is 6.78. The molecule has 0 aromatic heterocycles. The summed E-state index contributed by atoms with van der Waals surface area (Å²) >= 11 is 0. The Labute approximate surface area is 193 Å². The van der Waals surface area contributed by atoms with E-state index in [9.17, 15) is 41.2 Å². The smallest absolute Gasteiger partial charge is 0.416 e. The van der Waals surface area contributed by atoms with Crippen LogP contribution in [-0.2, 0) is 26.7 Å². The number of methoxy groups -OCH3 is 1. The van der Waals surface area contributed by atoms with Crippen LogP contribution >= 0.6 is 0 Å². The van der Waals surface area contributed by atoms with E-state index in [4.69, 9.17) is 5.26 Å². The minimum Gasteiger partial charge on any atom is -0.469 e. The topological polar surface area (TPSA) is 119 Å². The van der Waals surface area contributed by atoms with E-state index in [0.29, 0.717) is 24.3 Å². The van der Waals surface area contributed by atoms with Gasteiger partial charge in [0.15, 0.2) is 0 Å². The quantitative estimate of drug-likeness (QED) is 0.228. The Hall–Kier alpha value is -4.46. The molecule has 14 heteroatoms. The first-order valence-electron chi connectivity index (χ1n) is 9.36. The summed E-state index contributed by atoms with van der Waals surface area (Å²) in [6.07, 6.45) is -10.9. The van der Waals surface area contributed by atoms with Gasteiger partial charge < -0.3 is 4.74 Å². The molecule has 0 N–H and O–H groups in total. The first-order valence-corrected chi connectivity index (χ1v) is 9.36. The van der Waals surface area contributed by atoms with Crippen LogP contribution in [0.1, 0.15) is 35.1 Å². The molecule has 0 aliphatic heterocycles. The largest absolute Gasteiger partial charge is 0.469 e. The van der Waals surface area contributed by atoms with Gasteiger partial charge in [0.1, 0.15) is 17.8 Å². The second kappa shape index (κ2) is 10.6. The molecule has 0 aliphatic carbocycles. The summed E-state index contributed by atoms with van der Waals surface area (Å²) in [5.74, 6) is -1.97. The number of rotatable bonds is 6. The third kappa shape index (κ3) is 6.77. The summed E-state index contributed by atoms with van der Waals surface area (Å²) in [6.45, 7) is 0. The van der Waals surface area contributed by atoms with Crippen molar-refractivity contribution >= 4 is 23.3 Å². The van der Waals surface area contributed by atoms with Gasteiger partial charge in [-0.3, -0.25) is 9.59 Å². The number of anilines is 1. The Balaban J connectivity index is 2.65. The number of ether oxygens (including phenoxy) is 1. The van der Waals surface area contributed by atoms with E-state index in [-0.39, 0.29) is 10.6 Å². The van der Waals surface area contributed by atoms with Gasteiger partial charge in [0.25, 0.3) is 0 Å². The summed E-state index contributed by atoms with van der Waals surface area (Å²) in [5, 5.41) is 25.6. The van der Waals surface area contributed by atoms with Gasteiger partial charge in [-0.1, -0.05) is 5.22 Å². The van der Waals surface area contributed by atoms with Gasteiger partial charge in [0.05, 0.1) is 41.5 Å². The number of nitrogens with zero attached hydrogens (tertiary/aromatic N) is 5. The van der Waals surface area contributed by atoms with Crippen LogP contribution in [0.3, 0.4) is 0 Å². The standard InChI is InChI=1S/C21H13F6N5O3/c1-35-19(34)7-6-18(33)32(17-9-15(21(25,26)27)5-3-13(17)11-29)31-30-16-8-14(20(22,23)24)4-2-12(16)10-28/h2-5,8-9H,6-7H2,1H3/b31-30+. The third-order valence-electron chi connectivity index (χ3n) is 4.37. The second-order valence-corrected chi connectivity index (χ2v) is 6.65. The molecule has 0 saturated heterocycles. The normalized spacial score (nSPS) is 11.6. The number of amides is 1. The average molecular weight is 497 g/mol. The summed E-state index contributed by atoms with van der Waals surface area (Å²) in [5.41, 5.74) is -4.62. The number of nitriles is 2. The lowest BCUT2D eigenvalue weighted by Gasteiger charge is -2.19. The Morgan fingerprint density at radius 3 is 1.97 bits per heavy atom. The molecule has 0 heterocycles. The van der Waals surface area contributed by atoms with E-state index < -0.39 is 65.1 Å². The number of alkyl halides is 6. The van der Waals surface area contributed by atoms with E-state index in [1.54, 1.807) is 12.1 Å². The number of hydrogen-bond donors (Lipinski definition) is 0. The molecule has 0 saturated carbocycles. The van der Waals surface area contributed by atoms with E-state index in [2.05, 4.69) is 15.1 Å². The van der Waals surface area contributed by atoms with Crippen LogP contribution in [0.4, 0.5) is 37.7 Å². The van der Waals surface area contributed by atoms with E-state index in [1.165, 1.54) is 0 Å². The monoisotopic (exact) mass is 497 g/mol. The minimum atomic E-state index is -4.88. The molecule has 35 heavy (non-hydrogen) atoms. The first-order chi connectivity index (χ1) is 16.3. The van der Waals surface area contributed by atoms with Crippen molar-refractivity contribution in [2.24, 2.45) is 10.3 Å². The van der Waals surface area contributed by atoms with Crippen molar-refractivity contribution in [2.75, 3.05) is 12.1 Å². The molecule has 2 aromatic rings. The maximum absolute atomic E-state index is 13.2. The van der Waals surface area contributed by atoms with Crippen molar-refractivity contribution in [3.63, 3.8) is 0 Å². The molecular weight excluding hydrogens is 484 g/mol. The molecular formula is C21H13F6N5O3. The SMILES string of the molecule is COC(=O)CCC(=O)N(/N=N/c1cc(C(F)(F)F)ccc1C#N)c1cc(C(F)(F)F)ccc1C#N. The van der Waals surface area contributed by atoms with Crippen LogP contribution in [0.2, 0.25) is 0 Å². The zero-order valence-corrected chi connectivity index (χ0v) is 17.6. The van der Waals surface area contributed by atoms with Crippen molar-refractivity contribution in [3.05, 3.63) is 58.7 Å². The number of esters is 1. The summed E-state index contributed by atoms with van der Waals surface area (Å²) in [4.78, 5) is 24.1. The van der Waals surface area contributed by atoms with Crippen LogP contribution in [0.25, 0.3) is 0 Å². The average Bonchev–Trinajstić information content (AvgIpc) is 2.81. The Morgan fingerprint density at radius 1 is 0.914 bits per heavy atom. The van der Waals surface area contributed by atoms with Gasteiger partial charge in [0.2, 0.25) is 5.91 Å². The van der Waals surface area contributed by atoms with Crippen molar-refractivity contribution in [1.82, 2.24) is 0 Å². The molecule has 0 bridgehead atoms. The fraction of sp³-hybridized carbons (Fsp3) is 0.238. The third-order valence-corrected chi connectivity index (χ3v) is 4.37. The molecule has 0 atom stereocenters. The zero-order chi connectivity index (χ0) is 26.4. The molecule has 8 nitrogen and oxygen atoms in total. The molecule has 2 rings (SSSR count). The van der Waals surface area contributed by atoms with Crippen LogP contribution in [-0.4, -0.2) is 19.0 Å². The van der Waals surface area contributed by atoms with Crippen LogP contribution in [0.5, 0.6) is 0 Å². The highest BCUT2D eigenvalue weighted by Gasteiger charge is 2.33. The Morgan fingerprint density at radius 2 is 1.46 bits per heavy atom. The lowest BCUT2D eigenvalue weighted by Crippen LogP contribution is -2.27. The Kier molecular flexibility index (Phi) is 8.15. The lowest BCUT2D eigenvalue weighted by atomic mass is 10.1.